The lowest BCUT2D eigenvalue weighted by Gasteiger charge is -2.16. The van der Waals surface area contributed by atoms with Crippen LogP contribution in [0.2, 0.25) is 0 Å². The van der Waals surface area contributed by atoms with E-state index in [9.17, 15) is 5.11 Å². The van der Waals surface area contributed by atoms with Gasteiger partial charge < -0.3 is 9.84 Å². The molecule has 0 saturated heterocycles. The van der Waals surface area contributed by atoms with Gasteiger partial charge >= 0.3 is 0 Å². The molecule has 0 atom stereocenters. The zero-order valence-electron chi connectivity index (χ0n) is 8.56. The van der Waals surface area contributed by atoms with Crippen LogP contribution in [0.25, 0.3) is 0 Å². The quantitative estimate of drug-likeness (QED) is 0.637. The summed E-state index contributed by atoms with van der Waals surface area (Å²) in [5, 5.41) is 9.34. The van der Waals surface area contributed by atoms with Crippen molar-refractivity contribution in [1.29, 1.82) is 0 Å². The molecule has 1 N–H and O–H groups in total. The van der Waals surface area contributed by atoms with Crippen molar-refractivity contribution in [3.63, 3.8) is 0 Å². The van der Waals surface area contributed by atoms with Gasteiger partial charge in [-0.05, 0) is 27.7 Å². The Labute approximate surface area is 74.9 Å². The van der Waals surface area contributed by atoms with E-state index in [-0.39, 0.29) is 0 Å². The van der Waals surface area contributed by atoms with E-state index in [0.29, 0.717) is 6.42 Å². The number of aliphatic hydroxyl groups is 1. The maximum atomic E-state index is 9.34. The molecule has 0 aliphatic rings. The molecule has 0 fully saturated rings. The highest BCUT2D eigenvalue weighted by atomic mass is 16.5. The van der Waals surface area contributed by atoms with Gasteiger partial charge in [0.05, 0.1) is 5.60 Å². The molecule has 0 aliphatic carbocycles. The van der Waals surface area contributed by atoms with E-state index >= 15 is 0 Å². The number of ether oxygens (including phenoxy) is 1. The first-order valence-corrected chi connectivity index (χ1v) is 4.04. The first-order valence-electron chi connectivity index (χ1n) is 4.04. The smallest absolute Gasteiger partial charge is 0.122 e. The summed E-state index contributed by atoms with van der Waals surface area (Å²) < 4.78 is 5.10. The standard InChI is InChI=1S/C10H18O2/c1-9(2,11)7-6-8-10(3,4)12-5/h11H,7H2,1-5H3. The summed E-state index contributed by atoms with van der Waals surface area (Å²) in [7, 11) is 1.62. The fraction of sp³-hybridized carbons (Fsp3) is 0.800. The second-order valence-corrected chi connectivity index (χ2v) is 4.01. The van der Waals surface area contributed by atoms with Crippen LogP contribution >= 0.6 is 0 Å². The first kappa shape index (κ1) is 11.5. The van der Waals surface area contributed by atoms with Crippen molar-refractivity contribution >= 4 is 0 Å². The summed E-state index contributed by atoms with van der Waals surface area (Å²) >= 11 is 0. The van der Waals surface area contributed by atoms with E-state index in [1.54, 1.807) is 21.0 Å². The monoisotopic (exact) mass is 170 g/mol. The fourth-order valence-corrected chi connectivity index (χ4v) is 0.524. The molecule has 0 saturated carbocycles. The Kier molecular flexibility index (Phi) is 3.76. The lowest BCUT2D eigenvalue weighted by atomic mass is 10.0. The molecule has 0 amide bonds. The van der Waals surface area contributed by atoms with E-state index in [4.69, 9.17) is 4.74 Å². The van der Waals surface area contributed by atoms with Crippen LogP contribution in [0.5, 0.6) is 0 Å². The summed E-state index contributed by atoms with van der Waals surface area (Å²) in [6, 6.07) is 0. The average molecular weight is 170 g/mol. The molecule has 70 valence electrons. The molecule has 0 aromatic heterocycles. The van der Waals surface area contributed by atoms with Gasteiger partial charge in [-0.1, -0.05) is 11.8 Å². The zero-order valence-corrected chi connectivity index (χ0v) is 8.56. The predicted molar refractivity (Wildman–Crippen MR) is 49.8 cm³/mol. The Morgan fingerprint density at radius 2 is 1.75 bits per heavy atom. The number of rotatable bonds is 2. The minimum absolute atomic E-state index is 0.411. The summed E-state index contributed by atoms with van der Waals surface area (Å²) in [4.78, 5) is 0. The Morgan fingerprint density at radius 1 is 1.25 bits per heavy atom. The molecular weight excluding hydrogens is 152 g/mol. The molecule has 0 aliphatic heterocycles. The Morgan fingerprint density at radius 3 is 2.08 bits per heavy atom. The third-order valence-corrected chi connectivity index (χ3v) is 1.42. The van der Waals surface area contributed by atoms with Gasteiger partial charge in [0.25, 0.3) is 0 Å². The van der Waals surface area contributed by atoms with Gasteiger partial charge in [0.1, 0.15) is 5.60 Å². The molecular formula is C10H18O2. The van der Waals surface area contributed by atoms with Crippen molar-refractivity contribution < 1.29 is 9.84 Å². The topological polar surface area (TPSA) is 29.5 Å². The highest BCUT2D eigenvalue weighted by Gasteiger charge is 2.13. The van der Waals surface area contributed by atoms with Crippen molar-refractivity contribution in [1.82, 2.24) is 0 Å². The van der Waals surface area contributed by atoms with Crippen molar-refractivity contribution in [3.05, 3.63) is 0 Å². The second-order valence-electron chi connectivity index (χ2n) is 4.01. The number of methoxy groups -OCH3 is 1. The van der Waals surface area contributed by atoms with Crippen LogP contribution in [0.15, 0.2) is 0 Å². The van der Waals surface area contributed by atoms with E-state index in [0.717, 1.165) is 0 Å². The molecule has 2 nitrogen and oxygen atoms in total. The van der Waals surface area contributed by atoms with Crippen molar-refractivity contribution in [2.45, 2.75) is 45.3 Å². The third kappa shape index (κ3) is 6.21. The molecule has 0 aromatic rings. The zero-order chi connectivity index (χ0) is 9.83. The summed E-state index contributed by atoms with van der Waals surface area (Å²) in [5.74, 6) is 5.82. The summed E-state index contributed by atoms with van der Waals surface area (Å²) in [5.41, 5.74) is -1.12. The molecule has 0 unspecified atom stereocenters. The van der Waals surface area contributed by atoms with Gasteiger partial charge in [-0.25, -0.2) is 0 Å². The van der Waals surface area contributed by atoms with Crippen LogP contribution < -0.4 is 0 Å². The normalized spacial score (nSPS) is 12.2. The maximum absolute atomic E-state index is 9.34. The number of hydrogen-bond acceptors (Lipinski definition) is 2. The van der Waals surface area contributed by atoms with Crippen LogP contribution in [0.4, 0.5) is 0 Å². The lowest BCUT2D eigenvalue weighted by molar-refractivity contribution is 0.0726. The van der Waals surface area contributed by atoms with Crippen LogP contribution in [0.1, 0.15) is 34.1 Å². The van der Waals surface area contributed by atoms with Crippen molar-refractivity contribution in [2.24, 2.45) is 0 Å². The minimum atomic E-state index is -0.711. The molecule has 0 bridgehead atoms. The molecule has 0 rings (SSSR count). The molecule has 12 heavy (non-hydrogen) atoms. The maximum Gasteiger partial charge on any atom is 0.122 e. The Hall–Kier alpha value is -0.520. The van der Waals surface area contributed by atoms with Gasteiger partial charge in [0, 0.05) is 13.5 Å². The van der Waals surface area contributed by atoms with Gasteiger partial charge in [-0.15, -0.1) is 0 Å². The molecule has 0 aromatic carbocycles. The van der Waals surface area contributed by atoms with Gasteiger partial charge in [0.15, 0.2) is 0 Å². The van der Waals surface area contributed by atoms with E-state index in [2.05, 4.69) is 11.8 Å². The van der Waals surface area contributed by atoms with E-state index in [1.165, 1.54) is 0 Å². The lowest BCUT2D eigenvalue weighted by Crippen LogP contribution is -2.21. The van der Waals surface area contributed by atoms with Crippen LogP contribution in [-0.4, -0.2) is 23.4 Å². The SMILES string of the molecule is COC(C)(C)C#CCC(C)(C)O. The highest BCUT2D eigenvalue weighted by molar-refractivity contribution is 5.12. The molecule has 0 radical (unpaired) electrons. The largest absolute Gasteiger partial charge is 0.389 e. The van der Waals surface area contributed by atoms with Gasteiger partial charge in [-0.3, -0.25) is 0 Å². The molecule has 2 heteroatoms. The third-order valence-electron chi connectivity index (χ3n) is 1.42. The Balaban J connectivity index is 4.06. The van der Waals surface area contributed by atoms with Crippen LogP contribution in [0, 0.1) is 11.8 Å². The van der Waals surface area contributed by atoms with E-state index in [1.807, 2.05) is 13.8 Å². The second kappa shape index (κ2) is 3.93. The summed E-state index contributed by atoms with van der Waals surface area (Å²) in [6.45, 7) is 7.26. The van der Waals surface area contributed by atoms with Crippen molar-refractivity contribution in [2.75, 3.05) is 7.11 Å². The van der Waals surface area contributed by atoms with Gasteiger partial charge in [-0.2, -0.15) is 0 Å². The molecule has 0 spiro atoms. The fourth-order valence-electron chi connectivity index (χ4n) is 0.524. The average Bonchev–Trinajstić information content (AvgIpc) is 1.84. The van der Waals surface area contributed by atoms with E-state index < -0.39 is 11.2 Å². The molecule has 0 heterocycles. The predicted octanol–water partition coefficient (Wildman–Crippen LogP) is 1.58. The highest BCUT2D eigenvalue weighted by Crippen LogP contribution is 2.08. The summed E-state index contributed by atoms with van der Waals surface area (Å²) in [6.07, 6.45) is 0.472. The van der Waals surface area contributed by atoms with Crippen LogP contribution in [0.3, 0.4) is 0 Å². The first-order chi connectivity index (χ1) is 5.27. The van der Waals surface area contributed by atoms with Gasteiger partial charge in [0.2, 0.25) is 0 Å². The van der Waals surface area contributed by atoms with Crippen LogP contribution in [-0.2, 0) is 4.74 Å². The minimum Gasteiger partial charge on any atom is -0.389 e. The number of hydrogen-bond donors (Lipinski definition) is 1. The van der Waals surface area contributed by atoms with Crippen molar-refractivity contribution in [3.8, 4) is 11.8 Å². The Bertz CT molecular complexity index is 188.